The predicted octanol–water partition coefficient (Wildman–Crippen LogP) is 2.36. The van der Waals surface area contributed by atoms with Gasteiger partial charge in [-0.25, -0.2) is 15.1 Å². The van der Waals surface area contributed by atoms with Crippen molar-refractivity contribution in [1.82, 2.24) is 26.7 Å². The maximum atomic E-state index is 14.0. The first-order chi connectivity index (χ1) is 25.3. The Morgan fingerprint density at radius 1 is 0.679 bits per heavy atom. The number of alkyl carbamates (subject to hydrolysis) is 1. The lowest BCUT2D eigenvalue weighted by Gasteiger charge is -2.29. The van der Waals surface area contributed by atoms with Crippen molar-refractivity contribution < 1.29 is 43.8 Å². The van der Waals surface area contributed by atoms with Crippen LogP contribution in [-0.2, 0) is 47.9 Å². The number of hydrogen-bond acceptors (Lipinski definition) is 10. The Morgan fingerprint density at radius 3 is 1.64 bits per heavy atom. The molecular formula is C39H51N5O9. The zero-order valence-corrected chi connectivity index (χ0v) is 30.5. The Balaban J connectivity index is 1.83. The van der Waals surface area contributed by atoms with Gasteiger partial charge in [0, 0.05) is 19.4 Å². The Morgan fingerprint density at radius 2 is 1.15 bits per heavy atom. The van der Waals surface area contributed by atoms with Crippen molar-refractivity contribution in [2.45, 2.75) is 88.7 Å². The second-order valence-corrected chi connectivity index (χ2v) is 13.6. The molecule has 0 radical (unpaired) electrons. The van der Waals surface area contributed by atoms with Crippen molar-refractivity contribution >= 4 is 29.8 Å². The second-order valence-electron chi connectivity index (χ2n) is 13.6. The molecule has 0 aliphatic rings. The quantitative estimate of drug-likeness (QED) is 0.0545. The van der Waals surface area contributed by atoms with Crippen LogP contribution in [0.2, 0.25) is 0 Å². The van der Waals surface area contributed by atoms with Gasteiger partial charge in [-0.3, -0.25) is 19.6 Å². The molecule has 14 heteroatoms. The summed E-state index contributed by atoms with van der Waals surface area (Å²) in [6, 6.07) is 23.1. The number of carbonyl (C=O) groups excluding carboxylic acids is 5. The molecule has 14 nitrogen and oxygen atoms in total. The second kappa shape index (κ2) is 21.3. The van der Waals surface area contributed by atoms with Crippen molar-refractivity contribution in [3.05, 3.63) is 108 Å². The van der Waals surface area contributed by atoms with E-state index in [-0.39, 0.29) is 38.6 Å². The number of rotatable bonds is 19. The number of amides is 4. The van der Waals surface area contributed by atoms with Gasteiger partial charge in [0.15, 0.2) is 0 Å². The van der Waals surface area contributed by atoms with E-state index in [1.807, 2.05) is 66.7 Å². The van der Waals surface area contributed by atoms with Gasteiger partial charge in [-0.1, -0.05) is 91.0 Å². The minimum Gasteiger partial charge on any atom is -0.467 e. The molecule has 7 N–H and O–H groups in total. The van der Waals surface area contributed by atoms with Gasteiger partial charge in [0.2, 0.25) is 17.7 Å². The molecule has 3 aromatic rings. The largest absolute Gasteiger partial charge is 0.467 e. The van der Waals surface area contributed by atoms with Crippen molar-refractivity contribution in [3.63, 3.8) is 0 Å². The Labute approximate surface area is 310 Å². The van der Waals surface area contributed by atoms with Gasteiger partial charge >= 0.3 is 12.1 Å². The summed E-state index contributed by atoms with van der Waals surface area (Å²) in [5.41, 5.74) is 3.12. The summed E-state index contributed by atoms with van der Waals surface area (Å²) in [5.74, 6) is -2.88. The Hall–Kier alpha value is -5.31. The smallest absolute Gasteiger partial charge is 0.407 e. The summed E-state index contributed by atoms with van der Waals surface area (Å²) in [7, 11) is 1.19. The zero-order chi connectivity index (χ0) is 38.8. The van der Waals surface area contributed by atoms with Gasteiger partial charge in [-0.05, 0) is 56.7 Å². The van der Waals surface area contributed by atoms with Crippen LogP contribution < -0.4 is 26.7 Å². The lowest BCUT2D eigenvalue weighted by Crippen LogP contribution is -2.57. The third-order valence-corrected chi connectivity index (χ3v) is 8.14. The molecule has 3 rings (SSSR count). The lowest BCUT2D eigenvalue weighted by atomic mass is 10.00. The van der Waals surface area contributed by atoms with E-state index >= 15 is 0 Å². The number of aliphatic hydroxyl groups is 1. The molecule has 0 spiro atoms. The van der Waals surface area contributed by atoms with E-state index in [1.54, 1.807) is 45.0 Å². The van der Waals surface area contributed by atoms with Crippen LogP contribution in [0.25, 0.3) is 0 Å². The molecule has 0 fully saturated rings. The van der Waals surface area contributed by atoms with Crippen molar-refractivity contribution in [2.24, 2.45) is 0 Å². The van der Waals surface area contributed by atoms with E-state index < -0.39 is 65.7 Å². The number of methoxy groups -OCH3 is 1. The van der Waals surface area contributed by atoms with Crippen LogP contribution in [-0.4, -0.2) is 89.6 Å². The van der Waals surface area contributed by atoms with Gasteiger partial charge in [0.25, 0.3) is 0 Å². The van der Waals surface area contributed by atoms with Crippen molar-refractivity contribution in [3.8, 4) is 0 Å². The first-order valence-electron chi connectivity index (χ1n) is 17.4. The van der Waals surface area contributed by atoms with Gasteiger partial charge in [-0.2, -0.15) is 0 Å². The number of hydrogen-bond donors (Lipinski definition) is 7. The minimum absolute atomic E-state index is 0.106. The predicted molar refractivity (Wildman–Crippen MR) is 196 cm³/mol. The van der Waals surface area contributed by atoms with Crippen LogP contribution in [0.5, 0.6) is 0 Å². The number of hydroxylamine groups is 1. The molecule has 4 amide bonds. The number of carbonyl (C=O) groups is 5. The first-order valence-corrected chi connectivity index (χ1v) is 17.4. The number of esters is 1. The Kier molecular flexibility index (Phi) is 16.9. The minimum atomic E-state index is -1.31. The number of aliphatic hydroxyl groups excluding tert-OH is 1. The van der Waals surface area contributed by atoms with Crippen LogP contribution in [0.3, 0.4) is 0 Å². The molecule has 53 heavy (non-hydrogen) atoms. The summed E-state index contributed by atoms with van der Waals surface area (Å²) >= 11 is 0. The van der Waals surface area contributed by atoms with E-state index in [1.165, 1.54) is 12.6 Å². The highest BCUT2D eigenvalue weighted by Gasteiger charge is 2.31. The molecule has 286 valence electrons. The summed E-state index contributed by atoms with van der Waals surface area (Å²) in [6.07, 6.45) is -1.94. The van der Waals surface area contributed by atoms with Gasteiger partial charge in [0.1, 0.15) is 17.7 Å². The van der Waals surface area contributed by atoms with E-state index in [0.717, 1.165) is 16.7 Å². The molecule has 0 aliphatic carbocycles. The fourth-order valence-corrected chi connectivity index (χ4v) is 5.45. The highest BCUT2D eigenvalue weighted by molar-refractivity contribution is 5.92. The third-order valence-electron chi connectivity index (χ3n) is 8.14. The third kappa shape index (κ3) is 15.4. The number of nitrogens with one attached hydrogen (secondary N) is 5. The summed E-state index contributed by atoms with van der Waals surface area (Å²) in [6.45, 7) is 5.04. The van der Waals surface area contributed by atoms with Crippen molar-refractivity contribution in [1.29, 1.82) is 0 Å². The molecule has 1 unspecified atom stereocenters. The summed E-state index contributed by atoms with van der Waals surface area (Å²) in [4.78, 5) is 65.1. The van der Waals surface area contributed by atoms with Crippen molar-refractivity contribution in [2.75, 3.05) is 13.7 Å². The first kappa shape index (κ1) is 42.1. The number of benzene rings is 3. The summed E-state index contributed by atoms with van der Waals surface area (Å²) < 4.78 is 10.4. The fraction of sp³-hybridized carbons (Fsp3) is 0.410. The van der Waals surface area contributed by atoms with Crippen LogP contribution in [0.1, 0.15) is 50.3 Å². The molecule has 0 aliphatic heterocycles. The maximum Gasteiger partial charge on any atom is 0.407 e. The van der Waals surface area contributed by atoms with Crippen LogP contribution >= 0.6 is 0 Å². The molecule has 0 heterocycles. The maximum absolute atomic E-state index is 14.0. The number of ether oxygens (including phenoxy) is 2. The molecule has 0 bridgehead atoms. The van der Waals surface area contributed by atoms with E-state index in [4.69, 9.17) is 14.7 Å². The zero-order valence-electron chi connectivity index (χ0n) is 30.5. The molecule has 0 aromatic heterocycles. The SMILES string of the molecule is COC(=O)[C@H](Cc1ccccc1)NC(=O)[C@H](CCC(=O)NO)NC(=O)[C@H](Cc1ccccc1)NCC(O)[C@H](Cc1ccccc1)NC(=O)OC(C)(C)C. The molecular weight excluding hydrogens is 682 g/mol. The lowest BCUT2D eigenvalue weighted by molar-refractivity contribution is -0.145. The summed E-state index contributed by atoms with van der Waals surface area (Å²) in [5, 5.41) is 31.7. The van der Waals surface area contributed by atoms with Gasteiger partial charge in [0.05, 0.1) is 25.3 Å². The van der Waals surface area contributed by atoms with E-state index in [0.29, 0.717) is 0 Å². The molecule has 3 aromatic carbocycles. The van der Waals surface area contributed by atoms with E-state index in [9.17, 15) is 29.1 Å². The molecule has 5 atom stereocenters. The molecule has 0 saturated heterocycles. The highest BCUT2D eigenvalue weighted by atomic mass is 16.6. The topological polar surface area (TPSA) is 204 Å². The average Bonchev–Trinajstić information content (AvgIpc) is 3.14. The standard InChI is InChI=1S/C39H51N5O9/c1-39(2,3)53-38(50)43-30(22-26-14-8-5-9-15-26)33(45)25-40-31(23-27-16-10-6-11-17-27)36(48)41-29(20-21-34(46)44-51)35(47)42-32(37(49)52-4)24-28-18-12-7-13-19-28/h5-19,29-33,40,45,51H,20-25H2,1-4H3,(H,41,48)(H,42,47)(H,43,50)(H,44,46)/t29-,30-,31-,32-,33?/m0/s1. The van der Waals surface area contributed by atoms with Crippen LogP contribution in [0.4, 0.5) is 4.79 Å². The highest BCUT2D eigenvalue weighted by Crippen LogP contribution is 2.12. The van der Waals surface area contributed by atoms with Gasteiger partial charge in [-0.15, -0.1) is 0 Å². The van der Waals surface area contributed by atoms with Crippen LogP contribution in [0, 0.1) is 0 Å². The average molecular weight is 734 g/mol. The monoisotopic (exact) mass is 733 g/mol. The normalized spacial score (nSPS) is 14.0. The fourth-order valence-electron chi connectivity index (χ4n) is 5.45. The van der Waals surface area contributed by atoms with E-state index in [2.05, 4.69) is 21.3 Å². The molecule has 0 saturated carbocycles. The van der Waals surface area contributed by atoms with Crippen LogP contribution in [0.15, 0.2) is 91.0 Å². The Bertz CT molecular complexity index is 1600. The van der Waals surface area contributed by atoms with Gasteiger partial charge < -0.3 is 35.8 Å².